The summed E-state index contributed by atoms with van der Waals surface area (Å²) in [4.78, 5) is 15.4. The number of benzene rings is 3. The average Bonchev–Trinajstić information content (AvgIpc) is 3.50. The number of aromatic nitrogens is 1. The molecule has 0 radical (unpaired) electrons. The largest absolute Gasteiger partial charge is 0.481 e. The van der Waals surface area contributed by atoms with Gasteiger partial charge >= 0.3 is 12.1 Å². The third-order valence-corrected chi connectivity index (χ3v) is 7.87. The van der Waals surface area contributed by atoms with Crippen LogP contribution in [0, 0.1) is 29.3 Å². The second-order valence-electron chi connectivity index (χ2n) is 10.1. The van der Waals surface area contributed by atoms with Crippen molar-refractivity contribution in [3.63, 3.8) is 0 Å². The Morgan fingerprint density at radius 3 is 2.37 bits per heavy atom. The maximum Gasteiger partial charge on any atom is 0.417 e. The maximum absolute atomic E-state index is 15.2. The van der Waals surface area contributed by atoms with Crippen molar-refractivity contribution in [2.75, 3.05) is 0 Å². The Bertz CT molecular complexity index is 1720. The molecule has 1 heterocycles. The molecular weight excluding hydrogens is 572 g/mol. The number of nitrogens with zero attached hydrogens (tertiary/aromatic N) is 1. The van der Waals surface area contributed by atoms with Crippen LogP contribution in [0.2, 0.25) is 5.02 Å². The lowest BCUT2D eigenvalue weighted by Gasteiger charge is -2.17. The second-order valence-corrected chi connectivity index (χ2v) is 10.5. The maximum atomic E-state index is 15.2. The Labute approximate surface area is 234 Å². The third-order valence-electron chi connectivity index (χ3n) is 7.64. The number of aliphatic carboxylic acids is 1. The van der Waals surface area contributed by atoms with E-state index in [1.807, 2.05) is 0 Å². The van der Waals surface area contributed by atoms with Crippen molar-refractivity contribution in [2.24, 2.45) is 11.8 Å². The van der Waals surface area contributed by atoms with Gasteiger partial charge in [-0.1, -0.05) is 23.7 Å². The van der Waals surface area contributed by atoms with Crippen LogP contribution < -0.4 is 4.74 Å². The predicted molar refractivity (Wildman–Crippen MR) is 137 cm³/mol. The highest BCUT2D eigenvalue weighted by Gasteiger charge is 2.60. The van der Waals surface area contributed by atoms with E-state index in [-0.39, 0.29) is 45.5 Å². The molecule has 2 aliphatic rings. The van der Waals surface area contributed by atoms with E-state index in [4.69, 9.17) is 16.3 Å². The minimum atomic E-state index is -5.00. The fourth-order valence-corrected chi connectivity index (χ4v) is 5.81. The van der Waals surface area contributed by atoms with Crippen molar-refractivity contribution in [2.45, 2.75) is 25.1 Å². The molecule has 1 fully saturated rings. The van der Waals surface area contributed by atoms with Crippen LogP contribution in [0.25, 0.3) is 22.3 Å². The van der Waals surface area contributed by atoms with Gasteiger partial charge in [-0.2, -0.15) is 13.2 Å². The molecule has 0 saturated heterocycles. The SMILES string of the molecule is O=C(O)[C@H]1[C@@H]2Cc3cc(OCc4cc(-c5ccc(-c6ccc(Cl)cc6F)cc5F)c(C(F)(F)F)cc4F)ncc3[C@@H]21. The zero-order chi connectivity index (χ0) is 29.2. The second kappa shape index (κ2) is 9.80. The van der Waals surface area contributed by atoms with E-state index in [2.05, 4.69) is 4.98 Å². The van der Waals surface area contributed by atoms with Crippen LogP contribution in [-0.2, 0) is 24.0 Å². The molecule has 0 aliphatic heterocycles. The fraction of sp³-hybridized carbons (Fsp3) is 0.200. The molecule has 4 aromatic rings. The molecule has 0 amide bonds. The number of halogens is 7. The van der Waals surface area contributed by atoms with E-state index in [0.717, 1.165) is 35.4 Å². The first-order valence-corrected chi connectivity index (χ1v) is 12.8. The quantitative estimate of drug-likeness (QED) is 0.231. The van der Waals surface area contributed by atoms with E-state index >= 15 is 4.39 Å². The first kappa shape index (κ1) is 27.1. The Hall–Kier alpha value is -4.05. The van der Waals surface area contributed by atoms with Crippen LogP contribution in [0.1, 0.15) is 28.2 Å². The summed E-state index contributed by atoms with van der Waals surface area (Å²) in [5, 5.41) is 9.38. The number of pyridine rings is 1. The number of ether oxygens (including phenoxy) is 1. The van der Waals surface area contributed by atoms with Crippen LogP contribution >= 0.6 is 11.6 Å². The number of fused-ring (bicyclic) bond motifs is 3. The van der Waals surface area contributed by atoms with Gasteiger partial charge in [-0.3, -0.25) is 4.79 Å². The Balaban J connectivity index is 1.30. The highest BCUT2D eigenvalue weighted by molar-refractivity contribution is 6.30. The van der Waals surface area contributed by atoms with Gasteiger partial charge in [0.15, 0.2) is 0 Å². The molecule has 210 valence electrons. The summed E-state index contributed by atoms with van der Waals surface area (Å²) in [6.45, 7) is -0.497. The number of hydrogen-bond donors (Lipinski definition) is 1. The lowest BCUT2D eigenvalue weighted by molar-refractivity contribution is -0.139. The number of carbonyl (C=O) groups is 1. The molecule has 0 bridgehead atoms. The lowest BCUT2D eigenvalue weighted by atomic mass is 9.94. The summed E-state index contributed by atoms with van der Waals surface area (Å²) in [5.41, 5.74) is -0.969. The van der Waals surface area contributed by atoms with Crippen LogP contribution in [-0.4, -0.2) is 16.1 Å². The molecule has 1 aromatic heterocycles. The zero-order valence-corrected chi connectivity index (χ0v) is 21.5. The van der Waals surface area contributed by atoms with Gasteiger partial charge in [0.2, 0.25) is 5.88 Å². The first-order chi connectivity index (χ1) is 19.4. The standard InChI is InChI=1S/C30H18ClF6NO3/c31-16-2-4-17(25(34)9-16)13-1-3-18(24(33)7-13)19-6-15(23(32)10-22(19)30(35,36)37)12-41-26-8-14-5-20-27(21(14)11-38-26)28(20)29(39)40/h1-4,6-11,20,27-28H,5,12H2,(H,39,40)/t20-,27-,28+/m1/s1. The van der Waals surface area contributed by atoms with E-state index in [1.54, 1.807) is 6.07 Å². The number of hydrogen-bond acceptors (Lipinski definition) is 3. The number of alkyl halides is 3. The molecule has 1 saturated carbocycles. The fourth-order valence-electron chi connectivity index (χ4n) is 5.65. The predicted octanol–water partition coefficient (Wildman–Crippen LogP) is 8.05. The molecule has 41 heavy (non-hydrogen) atoms. The molecular formula is C30H18ClF6NO3. The van der Waals surface area contributed by atoms with E-state index in [0.29, 0.717) is 6.42 Å². The third kappa shape index (κ3) is 4.90. The van der Waals surface area contributed by atoms with Crippen molar-refractivity contribution < 1.29 is 41.0 Å². The molecule has 0 unspecified atom stereocenters. The van der Waals surface area contributed by atoms with Crippen LogP contribution in [0.5, 0.6) is 5.88 Å². The van der Waals surface area contributed by atoms with Crippen molar-refractivity contribution >= 4 is 17.6 Å². The molecule has 3 aromatic carbocycles. The summed E-state index contributed by atoms with van der Waals surface area (Å²) < 4.78 is 91.6. The molecule has 0 spiro atoms. The normalized spacial score (nSPS) is 19.0. The van der Waals surface area contributed by atoms with Crippen LogP contribution in [0.15, 0.2) is 60.8 Å². The molecule has 1 N–H and O–H groups in total. The highest BCUT2D eigenvalue weighted by atomic mass is 35.5. The lowest BCUT2D eigenvalue weighted by Crippen LogP contribution is -2.11. The molecule has 3 atom stereocenters. The molecule has 6 rings (SSSR count). The van der Waals surface area contributed by atoms with E-state index in [1.165, 1.54) is 24.4 Å². The summed E-state index contributed by atoms with van der Waals surface area (Å²) in [5.74, 6) is -4.31. The van der Waals surface area contributed by atoms with Crippen LogP contribution in [0.3, 0.4) is 0 Å². The van der Waals surface area contributed by atoms with Crippen molar-refractivity contribution in [3.8, 4) is 28.1 Å². The Kier molecular flexibility index (Phi) is 6.48. The molecule has 4 nitrogen and oxygen atoms in total. The number of rotatable bonds is 6. The topological polar surface area (TPSA) is 59.4 Å². The Morgan fingerprint density at radius 2 is 1.68 bits per heavy atom. The van der Waals surface area contributed by atoms with E-state index in [9.17, 15) is 31.9 Å². The summed E-state index contributed by atoms with van der Waals surface area (Å²) >= 11 is 5.76. The van der Waals surface area contributed by atoms with Crippen molar-refractivity contribution in [3.05, 3.63) is 106 Å². The van der Waals surface area contributed by atoms with Gasteiger partial charge in [0.25, 0.3) is 0 Å². The highest BCUT2D eigenvalue weighted by Crippen LogP contribution is 2.61. The van der Waals surface area contributed by atoms with Crippen LogP contribution in [0.4, 0.5) is 26.3 Å². The van der Waals surface area contributed by atoms with Crippen molar-refractivity contribution in [1.29, 1.82) is 0 Å². The Morgan fingerprint density at radius 1 is 0.951 bits per heavy atom. The minimum Gasteiger partial charge on any atom is -0.481 e. The van der Waals surface area contributed by atoms with Gasteiger partial charge < -0.3 is 9.84 Å². The van der Waals surface area contributed by atoms with Gasteiger partial charge in [-0.15, -0.1) is 0 Å². The van der Waals surface area contributed by atoms with Crippen molar-refractivity contribution in [1.82, 2.24) is 4.98 Å². The van der Waals surface area contributed by atoms with Gasteiger partial charge in [0.05, 0.1) is 11.5 Å². The van der Waals surface area contributed by atoms with Gasteiger partial charge in [0, 0.05) is 39.9 Å². The van der Waals surface area contributed by atoms with E-state index < -0.39 is 58.8 Å². The number of carboxylic acid groups (broad SMARTS) is 1. The van der Waals surface area contributed by atoms with Gasteiger partial charge in [0.1, 0.15) is 24.1 Å². The zero-order valence-electron chi connectivity index (χ0n) is 20.8. The number of carboxylic acids is 1. The summed E-state index contributed by atoms with van der Waals surface area (Å²) in [6, 6.07) is 9.75. The smallest absolute Gasteiger partial charge is 0.417 e. The van der Waals surface area contributed by atoms with Gasteiger partial charge in [-0.05, 0) is 71.0 Å². The average molecular weight is 590 g/mol. The summed E-state index contributed by atoms with van der Waals surface area (Å²) in [7, 11) is 0. The summed E-state index contributed by atoms with van der Waals surface area (Å²) in [6.07, 6.45) is -2.96. The minimum absolute atomic E-state index is 0.00159. The molecule has 2 aliphatic carbocycles. The monoisotopic (exact) mass is 589 g/mol. The van der Waals surface area contributed by atoms with Gasteiger partial charge in [-0.25, -0.2) is 18.2 Å². The first-order valence-electron chi connectivity index (χ1n) is 12.4. The molecule has 11 heteroatoms.